The minimum atomic E-state index is 0.0780. The number of carbonyl (C=O) groups excluding carboxylic acids is 1. The molecule has 7 heteroatoms. The van der Waals surface area contributed by atoms with Gasteiger partial charge in [0.05, 0.1) is 5.75 Å². The molecule has 1 amide bonds. The van der Waals surface area contributed by atoms with Gasteiger partial charge in [0.25, 0.3) is 0 Å². The SMILES string of the molecule is C=C(C)CN(CC)C(=O)CSc1nnc(N)s1. The molecule has 5 nitrogen and oxygen atoms in total. The van der Waals surface area contributed by atoms with Crippen LogP contribution >= 0.6 is 23.1 Å². The third-order valence-corrected chi connectivity index (χ3v) is 3.81. The Kier molecular flexibility index (Phi) is 5.43. The normalized spacial score (nSPS) is 10.2. The summed E-state index contributed by atoms with van der Waals surface area (Å²) in [4.78, 5) is 13.6. The molecule has 1 rings (SSSR count). The van der Waals surface area contributed by atoms with Gasteiger partial charge in [-0.15, -0.1) is 10.2 Å². The van der Waals surface area contributed by atoms with Crippen molar-refractivity contribution in [1.29, 1.82) is 0 Å². The quantitative estimate of drug-likeness (QED) is 0.629. The van der Waals surface area contributed by atoms with Crippen LogP contribution in [0.15, 0.2) is 16.5 Å². The molecule has 0 fully saturated rings. The third-order valence-electron chi connectivity index (χ3n) is 1.94. The number of nitrogens with two attached hydrogens (primary N) is 1. The second-order valence-electron chi connectivity index (χ2n) is 3.56. The van der Waals surface area contributed by atoms with Crippen molar-refractivity contribution in [2.45, 2.75) is 18.2 Å². The summed E-state index contributed by atoms with van der Waals surface area (Å²) < 4.78 is 0.724. The number of hydrogen-bond donors (Lipinski definition) is 1. The molecule has 0 bridgehead atoms. The van der Waals surface area contributed by atoms with Crippen LogP contribution in [0, 0.1) is 0 Å². The van der Waals surface area contributed by atoms with Gasteiger partial charge in [-0.3, -0.25) is 4.79 Å². The number of likely N-dealkylation sites (N-methyl/N-ethyl adjacent to an activating group) is 1. The van der Waals surface area contributed by atoms with E-state index in [2.05, 4.69) is 16.8 Å². The number of rotatable bonds is 6. The summed E-state index contributed by atoms with van der Waals surface area (Å²) in [7, 11) is 0. The van der Waals surface area contributed by atoms with Crippen LogP contribution in [0.5, 0.6) is 0 Å². The number of hydrogen-bond acceptors (Lipinski definition) is 6. The summed E-state index contributed by atoms with van der Waals surface area (Å²) >= 11 is 2.66. The van der Waals surface area contributed by atoms with Gasteiger partial charge in [0, 0.05) is 13.1 Å². The molecule has 2 N–H and O–H groups in total. The van der Waals surface area contributed by atoms with E-state index in [-0.39, 0.29) is 5.91 Å². The van der Waals surface area contributed by atoms with Gasteiger partial charge in [-0.2, -0.15) is 0 Å². The number of thioether (sulfide) groups is 1. The van der Waals surface area contributed by atoms with Gasteiger partial charge in [0.2, 0.25) is 11.0 Å². The molecule has 0 saturated carbocycles. The Balaban J connectivity index is 2.44. The Labute approximate surface area is 109 Å². The fraction of sp³-hybridized carbons (Fsp3) is 0.500. The summed E-state index contributed by atoms with van der Waals surface area (Å²) in [5, 5.41) is 7.97. The third kappa shape index (κ3) is 4.74. The fourth-order valence-electron chi connectivity index (χ4n) is 1.20. The monoisotopic (exact) mass is 272 g/mol. The predicted molar refractivity (Wildman–Crippen MR) is 72.1 cm³/mol. The van der Waals surface area contributed by atoms with Crippen LogP contribution in [0.1, 0.15) is 13.8 Å². The van der Waals surface area contributed by atoms with Gasteiger partial charge >= 0.3 is 0 Å². The summed E-state index contributed by atoms with van der Waals surface area (Å²) in [6, 6.07) is 0. The number of nitrogen functional groups attached to an aromatic ring is 1. The Morgan fingerprint density at radius 3 is 2.76 bits per heavy atom. The van der Waals surface area contributed by atoms with Crippen molar-refractivity contribution in [3.05, 3.63) is 12.2 Å². The summed E-state index contributed by atoms with van der Waals surface area (Å²) in [6.45, 7) is 8.96. The first-order chi connectivity index (χ1) is 8.02. The van der Waals surface area contributed by atoms with E-state index in [1.54, 1.807) is 4.90 Å². The van der Waals surface area contributed by atoms with E-state index in [0.29, 0.717) is 24.0 Å². The second-order valence-corrected chi connectivity index (χ2v) is 5.79. The Hall–Kier alpha value is -1.08. The Bertz CT molecular complexity index is 405. The average molecular weight is 272 g/mol. The second kappa shape index (κ2) is 6.61. The van der Waals surface area contributed by atoms with Crippen LogP contribution in [0.4, 0.5) is 5.13 Å². The molecule has 17 heavy (non-hydrogen) atoms. The molecule has 1 heterocycles. The highest BCUT2D eigenvalue weighted by molar-refractivity contribution is 8.01. The van der Waals surface area contributed by atoms with Crippen LogP contribution in [-0.2, 0) is 4.79 Å². The molecular formula is C10H16N4OS2. The van der Waals surface area contributed by atoms with Gasteiger partial charge in [-0.25, -0.2) is 0 Å². The zero-order valence-corrected chi connectivity index (χ0v) is 11.6. The van der Waals surface area contributed by atoms with Crippen molar-refractivity contribution in [2.75, 3.05) is 24.6 Å². The highest BCUT2D eigenvalue weighted by Gasteiger charge is 2.13. The number of carbonyl (C=O) groups is 1. The molecule has 1 aromatic heterocycles. The number of anilines is 1. The molecule has 0 aliphatic rings. The molecule has 0 spiro atoms. The van der Waals surface area contributed by atoms with Crippen molar-refractivity contribution >= 4 is 34.1 Å². The zero-order chi connectivity index (χ0) is 12.8. The van der Waals surface area contributed by atoms with Gasteiger partial charge in [-0.1, -0.05) is 35.3 Å². The zero-order valence-electron chi connectivity index (χ0n) is 9.97. The van der Waals surface area contributed by atoms with Crippen LogP contribution in [0.2, 0.25) is 0 Å². The lowest BCUT2D eigenvalue weighted by atomic mass is 10.3. The molecule has 0 aliphatic carbocycles. The van der Waals surface area contributed by atoms with Crippen molar-refractivity contribution < 1.29 is 4.79 Å². The van der Waals surface area contributed by atoms with E-state index < -0.39 is 0 Å². The van der Waals surface area contributed by atoms with E-state index in [9.17, 15) is 4.79 Å². The van der Waals surface area contributed by atoms with Gasteiger partial charge in [0.1, 0.15) is 0 Å². The molecule has 0 saturated heterocycles. The number of nitrogens with zero attached hydrogens (tertiary/aromatic N) is 3. The molecule has 1 aromatic rings. The standard InChI is InChI=1S/C10H16N4OS2/c1-4-14(5-7(2)3)8(15)6-16-10-13-12-9(11)17-10/h2,4-6H2,1,3H3,(H2,11,12). The molecule has 94 valence electrons. The maximum absolute atomic E-state index is 11.9. The lowest BCUT2D eigenvalue weighted by Gasteiger charge is -2.20. The number of aromatic nitrogens is 2. The summed E-state index contributed by atoms with van der Waals surface area (Å²) in [6.07, 6.45) is 0. The van der Waals surface area contributed by atoms with Crippen molar-refractivity contribution in [1.82, 2.24) is 15.1 Å². The molecule has 0 aromatic carbocycles. The lowest BCUT2D eigenvalue weighted by molar-refractivity contribution is -0.127. The van der Waals surface area contributed by atoms with Gasteiger partial charge in [-0.05, 0) is 13.8 Å². The largest absolute Gasteiger partial charge is 0.374 e. The van der Waals surface area contributed by atoms with Crippen molar-refractivity contribution in [3.63, 3.8) is 0 Å². The van der Waals surface area contributed by atoms with E-state index in [1.165, 1.54) is 23.1 Å². The van der Waals surface area contributed by atoms with Gasteiger partial charge in [0.15, 0.2) is 4.34 Å². The topological polar surface area (TPSA) is 72.1 Å². The summed E-state index contributed by atoms with van der Waals surface area (Å²) in [5.74, 6) is 0.435. The van der Waals surface area contributed by atoms with E-state index >= 15 is 0 Å². The predicted octanol–water partition coefficient (Wildman–Crippen LogP) is 1.64. The minimum Gasteiger partial charge on any atom is -0.374 e. The fourth-order valence-corrected chi connectivity index (χ4v) is 2.73. The van der Waals surface area contributed by atoms with Gasteiger partial charge < -0.3 is 10.6 Å². The average Bonchev–Trinajstić information content (AvgIpc) is 2.68. The Morgan fingerprint density at radius 2 is 2.29 bits per heavy atom. The highest BCUT2D eigenvalue weighted by atomic mass is 32.2. The van der Waals surface area contributed by atoms with E-state index in [1.807, 2.05) is 13.8 Å². The first-order valence-electron chi connectivity index (χ1n) is 5.16. The molecule has 0 atom stereocenters. The highest BCUT2D eigenvalue weighted by Crippen LogP contribution is 2.23. The minimum absolute atomic E-state index is 0.0780. The molecular weight excluding hydrogens is 256 g/mol. The van der Waals surface area contributed by atoms with Crippen molar-refractivity contribution in [2.24, 2.45) is 0 Å². The molecule has 0 unspecified atom stereocenters. The lowest BCUT2D eigenvalue weighted by Crippen LogP contribution is -2.33. The van der Waals surface area contributed by atoms with Crippen LogP contribution in [0.3, 0.4) is 0 Å². The van der Waals surface area contributed by atoms with E-state index in [4.69, 9.17) is 5.73 Å². The maximum Gasteiger partial charge on any atom is 0.233 e. The first-order valence-corrected chi connectivity index (χ1v) is 6.97. The smallest absolute Gasteiger partial charge is 0.233 e. The van der Waals surface area contributed by atoms with Crippen molar-refractivity contribution in [3.8, 4) is 0 Å². The maximum atomic E-state index is 11.9. The summed E-state index contributed by atoms with van der Waals surface area (Å²) in [5.41, 5.74) is 6.44. The first kappa shape index (κ1) is 14.0. The van der Waals surface area contributed by atoms with E-state index in [0.717, 1.165) is 9.91 Å². The molecule has 0 radical (unpaired) electrons. The molecule has 0 aliphatic heterocycles. The van der Waals surface area contributed by atoms with Crippen LogP contribution in [-0.4, -0.2) is 39.8 Å². The van der Waals surface area contributed by atoms with Crippen LogP contribution in [0.25, 0.3) is 0 Å². The number of amides is 1. The van der Waals surface area contributed by atoms with Crippen LogP contribution < -0.4 is 5.73 Å². The Morgan fingerprint density at radius 1 is 1.59 bits per heavy atom.